The van der Waals surface area contributed by atoms with Crippen LogP contribution in [0.2, 0.25) is 0 Å². The first-order valence-electron chi connectivity index (χ1n) is 6.23. The van der Waals surface area contributed by atoms with Crippen molar-refractivity contribution in [2.75, 3.05) is 10.6 Å². The number of anilines is 2. The number of nitrogens with one attached hydrogen (secondary N) is 2. The van der Waals surface area contributed by atoms with E-state index in [0.717, 1.165) is 12.8 Å². The Hall–Kier alpha value is -2.08. The molecule has 0 heterocycles. The quantitative estimate of drug-likeness (QED) is 0.626. The summed E-state index contributed by atoms with van der Waals surface area (Å²) >= 11 is 0. The van der Waals surface area contributed by atoms with Crippen LogP contribution in [0.15, 0.2) is 24.3 Å². The summed E-state index contributed by atoms with van der Waals surface area (Å²) in [5.41, 5.74) is 11.9. The molecule has 1 aromatic rings. The molecule has 1 atom stereocenters. The number of rotatable bonds is 6. The lowest BCUT2D eigenvalue weighted by atomic mass is 10.1. The van der Waals surface area contributed by atoms with Gasteiger partial charge in [0.15, 0.2) is 0 Å². The van der Waals surface area contributed by atoms with Crippen molar-refractivity contribution in [3.63, 3.8) is 0 Å². The second-order valence-electron chi connectivity index (χ2n) is 4.37. The minimum atomic E-state index is -0.645. The Kier molecular flexibility index (Phi) is 5.81. The molecule has 6 nitrogen and oxygen atoms in total. The van der Waals surface area contributed by atoms with E-state index in [2.05, 4.69) is 10.6 Å². The third kappa shape index (κ3) is 5.87. The Labute approximate surface area is 112 Å². The van der Waals surface area contributed by atoms with Gasteiger partial charge < -0.3 is 22.1 Å². The minimum Gasteiger partial charge on any atom is -0.351 e. The van der Waals surface area contributed by atoms with Gasteiger partial charge in [-0.25, -0.2) is 4.79 Å². The summed E-state index contributed by atoms with van der Waals surface area (Å²) in [6, 6.07) is 5.99. The van der Waals surface area contributed by atoms with Gasteiger partial charge in [0.05, 0.1) is 0 Å². The molecule has 0 aliphatic rings. The van der Waals surface area contributed by atoms with Crippen molar-refractivity contribution >= 4 is 23.3 Å². The highest BCUT2D eigenvalue weighted by Crippen LogP contribution is 2.15. The zero-order valence-electron chi connectivity index (χ0n) is 11.0. The summed E-state index contributed by atoms with van der Waals surface area (Å²) in [7, 11) is 0. The van der Waals surface area contributed by atoms with E-state index in [9.17, 15) is 9.59 Å². The maximum Gasteiger partial charge on any atom is 0.316 e. The highest BCUT2D eigenvalue weighted by atomic mass is 16.2. The van der Waals surface area contributed by atoms with E-state index in [-0.39, 0.29) is 18.4 Å². The molecule has 6 N–H and O–H groups in total. The molecule has 6 heteroatoms. The third-order valence-electron chi connectivity index (χ3n) is 2.52. The molecule has 0 radical (unpaired) electrons. The average molecular weight is 264 g/mol. The van der Waals surface area contributed by atoms with Gasteiger partial charge in [0, 0.05) is 23.8 Å². The standard InChI is InChI=1S/C13H20N4O2/c1-2-4-9(14)7-12(18)16-10-5-3-6-11(8-10)17-13(15)19/h3,5-6,8-9H,2,4,7,14H2,1H3,(H,16,18)(H3,15,17,19). The van der Waals surface area contributed by atoms with E-state index in [1.165, 1.54) is 0 Å². The zero-order chi connectivity index (χ0) is 14.3. The van der Waals surface area contributed by atoms with Crippen LogP contribution in [0.3, 0.4) is 0 Å². The number of carbonyl (C=O) groups excluding carboxylic acids is 2. The lowest BCUT2D eigenvalue weighted by Crippen LogP contribution is -2.26. The molecule has 0 aliphatic heterocycles. The molecule has 0 bridgehead atoms. The SMILES string of the molecule is CCCC(N)CC(=O)Nc1cccc(NC(N)=O)c1. The first-order chi connectivity index (χ1) is 9.01. The van der Waals surface area contributed by atoms with E-state index in [1.807, 2.05) is 6.92 Å². The molecule has 1 aromatic carbocycles. The number of hydrogen-bond acceptors (Lipinski definition) is 3. The first-order valence-corrected chi connectivity index (χ1v) is 6.23. The van der Waals surface area contributed by atoms with Crippen LogP contribution in [0, 0.1) is 0 Å². The Morgan fingerprint density at radius 2 is 1.89 bits per heavy atom. The monoisotopic (exact) mass is 264 g/mol. The average Bonchev–Trinajstić information content (AvgIpc) is 2.28. The van der Waals surface area contributed by atoms with Gasteiger partial charge in [-0.3, -0.25) is 4.79 Å². The van der Waals surface area contributed by atoms with E-state index < -0.39 is 6.03 Å². The fourth-order valence-corrected chi connectivity index (χ4v) is 1.74. The largest absolute Gasteiger partial charge is 0.351 e. The highest BCUT2D eigenvalue weighted by Gasteiger charge is 2.09. The van der Waals surface area contributed by atoms with Gasteiger partial charge >= 0.3 is 6.03 Å². The van der Waals surface area contributed by atoms with E-state index in [4.69, 9.17) is 11.5 Å². The van der Waals surface area contributed by atoms with Crippen molar-refractivity contribution in [3.05, 3.63) is 24.3 Å². The summed E-state index contributed by atoms with van der Waals surface area (Å²) in [4.78, 5) is 22.5. The maximum absolute atomic E-state index is 11.7. The summed E-state index contributed by atoms with van der Waals surface area (Å²) in [5.74, 6) is -0.142. The molecule has 1 rings (SSSR count). The lowest BCUT2D eigenvalue weighted by molar-refractivity contribution is -0.116. The van der Waals surface area contributed by atoms with Gasteiger partial charge in [-0.2, -0.15) is 0 Å². The third-order valence-corrected chi connectivity index (χ3v) is 2.52. The summed E-state index contributed by atoms with van der Waals surface area (Å²) in [6.45, 7) is 2.02. The molecule has 0 aliphatic carbocycles. The molecule has 0 saturated carbocycles. The number of amides is 3. The molecule has 19 heavy (non-hydrogen) atoms. The fraction of sp³-hybridized carbons (Fsp3) is 0.385. The summed E-state index contributed by atoms with van der Waals surface area (Å²) in [6.07, 6.45) is 2.05. The van der Waals surface area contributed by atoms with Crippen molar-refractivity contribution in [2.45, 2.75) is 32.2 Å². The zero-order valence-corrected chi connectivity index (χ0v) is 11.0. The van der Waals surface area contributed by atoms with Crippen LogP contribution in [-0.2, 0) is 4.79 Å². The maximum atomic E-state index is 11.7. The predicted octanol–water partition coefficient (Wildman–Crippen LogP) is 1.63. The normalized spacial score (nSPS) is 11.7. The number of nitrogens with two attached hydrogens (primary N) is 2. The fourth-order valence-electron chi connectivity index (χ4n) is 1.74. The van der Waals surface area contributed by atoms with E-state index in [1.54, 1.807) is 24.3 Å². The van der Waals surface area contributed by atoms with Gasteiger partial charge in [0.25, 0.3) is 0 Å². The topological polar surface area (TPSA) is 110 Å². The van der Waals surface area contributed by atoms with Crippen molar-refractivity contribution < 1.29 is 9.59 Å². The lowest BCUT2D eigenvalue weighted by Gasteiger charge is -2.11. The number of carbonyl (C=O) groups is 2. The first kappa shape index (κ1) is 15.0. The number of benzene rings is 1. The van der Waals surface area contributed by atoms with Crippen LogP contribution in [-0.4, -0.2) is 18.0 Å². The van der Waals surface area contributed by atoms with Crippen molar-refractivity contribution in [2.24, 2.45) is 11.5 Å². The van der Waals surface area contributed by atoms with Gasteiger partial charge in [0.1, 0.15) is 0 Å². The highest BCUT2D eigenvalue weighted by molar-refractivity contribution is 5.93. The van der Waals surface area contributed by atoms with Gasteiger partial charge in [-0.1, -0.05) is 19.4 Å². The van der Waals surface area contributed by atoms with Gasteiger partial charge in [0.2, 0.25) is 5.91 Å². The van der Waals surface area contributed by atoms with Crippen LogP contribution in [0.5, 0.6) is 0 Å². The number of primary amides is 1. The molecule has 0 spiro atoms. The smallest absolute Gasteiger partial charge is 0.316 e. The van der Waals surface area contributed by atoms with Crippen LogP contribution in [0.25, 0.3) is 0 Å². The number of urea groups is 1. The van der Waals surface area contributed by atoms with E-state index >= 15 is 0 Å². The van der Waals surface area contributed by atoms with Gasteiger partial charge in [-0.05, 0) is 24.6 Å². The van der Waals surface area contributed by atoms with Crippen molar-refractivity contribution in [1.82, 2.24) is 0 Å². The van der Waals surface area contributed by atoms with Crippen LogP contribution in [0.4, 0.5) is 16.2 Å². The Balaban J connectivity index is 2.56. The predicted molar refractivity (Wildman–Crippen MR) is 75.8 cm³/mol. The van der Waals surface area contributed by atoms with Crippen LogP contribution >= 0.6 is 0 Å². The summed E-state index contributed by atoms with van der Waals surface area (Å²) in [5, 5.41) is 5.18. The molecule has 3 amide bonds. The Morgan fingerprint density at radius 1 is 1.26 bits per heavy atom. The second kappa shape index (κ2) is 7.38. The Bertz CT molecular complexity index is 448. The van der Waals surface area contributed by atoms with Gasteiger partial charge in [-0.15, -0.1) is 0 Å². The Morgan fingerprint density at radius 3 is 2.47 bits per heavy atom. The molecular weight excluding hydrogens is 244 g/mol. The van der Waals surface area contributed by atoms with Crippen LogP contribution in [0.1, 0.15) is 26.2 Å². The summed E-state index contributed by atoms with van der Waals surface area (Å²) < 4.78 is 0. The van der Waals surface area contributed by atoms with E-state index in [0.29, 0.717) is 11.4 Å². The van der Waals surface area contributed by atoms with Crippen molar-refractivity contribution in [3.8, 4) is 0 Å². The molecular formula is C13H20N4O2. The van der Waals surface area contributed by atoms with Crippen LogP contribution < -0.4 is 22.1 Å². The molecule has 1 unspecified atom stereocenters. The van der Waals surface area contributed by atoms with Crippen molar-refractivity contribution in [1.29, 1.82) is 0 Å². The second-order valence-corrected chi connectivity index (χ2v) is 4.37. The molecule has 0 fully saturated rings. The molecule has 0 saturated heterocycles. The minimum absolute atomic E-state index is 0.128. The molecule has 104 valence electrons. The number of hydrogen-bond donors (Lipinski definition) is 4. The molecule has 0 aromatic heterocycles.